The topological polar surface area (TPSA) is 40.5 Å². The van der Waals surface area contributed by atoms with Crippen LogP contribution in [0, 0.1) is 11.2 Å². The highest BCUT2D eigenvalue weighted by Crippen LogP contribution is 2.21. The van der Waals surface area contributed by atoms with Crippen LogP contribution in [0.15, 0.2) is 18.2 Å². The quantitative estimate of drug-likeness (QED) is 0.763. The van der Waals surface area contributed by atoms with Crippen molar-refractivity contribution < 1.29 is 14.4 Å². The van der Waals surface area contributed by atoms with Gasteiger partial charge in [0.25, 0.3) is 0 Å². The van der Waals surface area contributed by atoms with Crippen LogP contribution in [0.1, 0.15) is 32.8 Å². The van der Waals surface area contributed by atoms with Gasteiger partial charge < -0.3 is 10.0 Å². The van der Waals surface area contributed by atoms with Crippen molar-refractivity contribution in [3.05, 3.63) is 29.6 Å². The molecule has 2 nitrogen and oxygen atoms in total. The minimum absolute atomic E-state index is 0.143. The van der Waals surface area contributed by atoms with E-state index in [1.807, 2.05) is 0 Å². The molecule has 0 atom stereocenters. The molecular formula is C12H18BFO2. The van der Waals surface area contributed by atoms with Gasteiger partial charge in [0, 0.05) is 0 Å². The van der Waals surface area contributed by atoms with Gasteiger partial charge in [-0.3, -0.25) is 0 Å². The third-order valence-electron chi connectivity index (χ3n) is 2.53. The van der Waals surface area contributed by atoms with Crippen molar-refractivity contribution in [3.8, 4) is 0 Å². The molecule has 0 aliphatic carbocycles. The summed E-state index contributed by atoms with van der Waals surface area (Å²) in [5.41, 5.74) is 1.21. The maximum Gasteiger partial charge on any atom is 0.488 e. The third kappa shape index (κ3) is 3.95. The van der Waals surface area contributed by atoms with Gasteiger partial charge in [0.05, 0.1) is 0 Å². The molecule has 0 aromatic heterocycles. The van der Waals surface area contributed by atoms with E-state index in [1.165, 1.54) is 18.2 Å². The predicted octanol–water partition coefficient (Wildman–Crippen LogP) is 1.48. The van der Waals surface area contributed by atoms with Crippen molar-refractivity contribution in [1.29, 1.82) is 0 Å². The number of aryl methyl sites for hydroxylation is 1. The lowest BCUT2D eigenvalue weighted by Gasteiger charge is -2.19. The highest BCUT2D eigenvalue weighted by molar-refractivity contribution is 6.59. The van der Waals surface area contributed by atoms with E-state index in [4.69, 9.17) is 10.0 Å². The third-order valence-corrected chi connectivity index (χ3v) is 2.53. The summed E-state index contributed by atoms with van der Waals surface area (Å²) in [4.78, 5) is 0. The minimum atomic E-state index is -1.53. The van der Waals surface area contributed by atoms with E-state index in [-0.39, 0.29) is 11.2 Å². The molecule has 0 amide bonds. The van der Waals surface area contributed by atoms with E-state index in [0.29, 0.717) is 17.4 Å². The number of hydrogen-bond donors (Lipinski definition) is 2. The lowest BCUT2D eigenvalue weighted by Crippen LogP contribution is -2.33. The Morgan fingerprint density at radius 1 is 1.25 bits per heavy atom. The summed E-state index contributed by atoms with van der Waals surface area (Å²) in [6, 6.07) is 4.05. The van der Waals surface area contributed by atoms with Crippen LogP contribution in [0.25, 0.3) is 0 Å². The Bertz CT molecular complexity index is 359. The van der Waals surface area contributed by atoms with Gasteiger partial charge in [0.2, 0.25) is 0 Å². The fourth-order valence-corrected chi connectivity index (χ4v) is 1.55. The summed E-state index contributed by atoms with van der Waals surface area (Å²) in [7, 11) is -1.53. The molecule has 0 spiro atoms. The Morgan fingerprint density at radius 3 is 2.38 bits per heavy atom. The summed E-state index contributed by atoms with van der Waals surface area (Å²) in [5.74, 6) is -0.340. The van der Waals surface area contributed by atoms with Crippen LogP contribution in [0.3, 0.4) is 0 Å². The highest BCUT2D eigenvalue weighted by atomic mass is 19.1. The molecule has 2 N–H and O–H groups in total. The van der Waals surface area contributed by atoms with Gasteiger partial charge in [0.1, 0.15) is 5.82 Å². The Hall–Kier alpha value is -0.865. The van der Waals surface area contributed by atoms with Gasteiger partial charge in [-0.2, -0.15) is 0 Å². The van der Waals surface area contributed by atoms with Crippen molar-refractivity contribution >= 4 is 12.6 Å². The zero-order chi connectivity index (χ0) is 12.3. The lowest BCUT2D eigenvalue weighted by atomic mass is 9.75. The highest BCUT2D eigenvalue weighted by Gasteiger charge is 2.18. The van der Waals surface area contributed by atoms with Gasteiger partial charge in [-0.1, -0.05) is 26.8 Å². The smallest absolute Gasteiger partial charge is 0.423 e. The number of rotatable bonds is 3. The Kier molecular flexibility index (Phi) is 4.11. The predicted molar refractivity (Wildman–Crippen MR) is 64.0 cm³/mol. The molecule has 1 aromatic carbocycles. The van der Waals surface area contributed by atoms with Crippen LogP contribution in [0.2, 0.25) is 0 Å². The number of halogens is 1. The standard InChI is InChI=1S/C12H18BFO2/c1-12(2,3)7-6-9-8-10(14)4-5-11(9)13(15)16/h4-5,8,15-16H,6-7H2,1-3H3. The average Bonchev–Trinajstić information content (AvgIpc) is 2.13. The van der Waals surface area contributed by atoms with E-state index >= 15 is 0 Å². The van der Waals surface area contributed by atoms with Gasteiger partial charge in [-0.25, -0.2) is 4.39 Å². The molecule has 16 heavy (non-hydrogen) atoms. The van der Waals surface area contributed by atoms with Crippen molar-refractivity contribution in [1.82, 2.24) is 0 Å². The fourth-order valence-electron chi connectivity index (χ4n) is 1.55. The summed E-state index contributed by atoms with van der Waals surface area (Å²) in [6.45, 7) is 6.30. The van der Waals surface area contributed by atoms with Crippen LogP contribution in [-0.2, 0) is 6.42 Å². The second-order valence-electron chi connectivity index (χ2n) is 5.28. The van der Waals surface area contributed by atoms with Gasteiger partial charge in [0.15, 0.2) is 0 Å². The van der Waals surface area contributed by atoms with Gasteiger partial charge in [-0.15, -0.1) is 0 Å². The monoisotopic (exact) mass is 224 g/mol. The zero-order valence-electron chi connectivity index (χ0n) is 10.00. The van der Waals surface area contributed by atoms with Crippen molar-refractivity contribution in [2.75, 3.05) is 0 Å². The summed E-state index contributed by atoms with van der Waals surface area (Å²) in [5, 5.41) is 18.3. The summed E-state index contributed by atoms with van der Waals surface area (Å²) < 4.78 is 13.1. The Labute approximate surface area is 96.3 Å². The largest absolute Gasteiger partial charge is 0.488 e. The molecule has 0 saturated heterocycles. The van der Waals surface area contributed by atoms with Crippen molar-refractivity contribution in [3.63, 3.8) is 0 Å². The van der Waals surface area contributed by atoms with Crippen molar-refractivity contribution in [2.24, 2.45) is 5.41 Å². The van der Waals surface area contributed by atoms with Crippen molar-refractivity contribution in [2.45, 2.75) is 33.6 Å². The summed E-state index contributed by atoms with van der Waals surface area (Å²) in [6.07, 6.45) is 1.52. The van der Waals surface area contributed by atoms with E-state index in [0.717, 1.165) is 6.42 Å². The van der Waals surface area contributed by atoms with Gasteiger partial charge >= 0.3 is 7.12 Å². The van der Waals surface area contributed by atoms with Crippen LogP contribution in [-0.4, -0.2) is 17.2 Å². The first-order valence-corrected chi connectivity index (χ1v) is 5.44. The van der Waals surface area contributed by atoms with Gasteiger partial charge in [-0.05, 0) is 41.4 Å². The first-order chi connectivity index (χ1) is 7.29. The molecule has 0 heterocycles. The first-order valence-electron chi connectivity index (χ1n) is 5.44. The SMILES string of the molecule is CC(C)(C)CCc1cc(F)ccc1B(O)O. The fraction of sp³-hybridized carbons (Fsp3) is 0.500. The molecule has 0 aliphatic heterocycles. The number of hydrogen-bond acceptors (Lipinski definition) is 2. The van der Waals surface area contributed by atoms with Crippen LogP contribution in [0.5, 0.6) is 0 Å². The zero-order valence-corrected chi connectivity index (χ0v) is 10.00. The Morgan fingerprint density at radius 2 is 1.88 bits per heavy atom. The van der Waals surface area contributed by atoms with E-state index < -0.39 is 7.12 Å². The van der Waals surface area contributed by atoms with E-state index in [9.17, 15) is 4.39 Å². The normalized spacial score (nSPS) is 11.6. The molecule has 0 unspecified atom stereocenters. The van der Waals surface area contributed by atoms with E-state index in [1.54, 1.807) is 0 Å². The molecule has 1 rings (SSSR count). The number of benzene rings is 1. The lowest BCUT2D eigenvalue weighted by molar-refractivity contribution is 0.377. The average molecular weight is 224 g/mol. The first kappa shape index (κ1) is 13.2. The summed E-state index contributed by atoms with van der Waals surface area (Å²) >= 11 is 0. The molecule has 4 heteroatoms. The maximum atomic E-state index is 13.1. The Balaban J connectivity index is 2.88. The maximum absolute atomic E-state index is 13.1. The van der Waals surface area contributed by atoms with E-state index in [2.05, 4.69) is 20.8 Å². The van der Waals surface area contributed by atoms with Crippen LogP contribution >= 0.6 is 0 Å². The molecule has 0 aliphatic rings. The molecule has 88 valence electrons. The molecule has 1 aromatic rings. The molecular weight excluding hydrogens is 206 g/mol. The molecule has 0 fully saturated rings. The second kappa shape index (κ2) is 4.98. The second-order valence-corrected chi connectivity index (χ2v) is 5.28. The molecule has 0 bridgehead atoms. The van der Waals surface area contributed by atoms with Crippen LogP contribution in [0.4, 0.5) is 4.39 Å². The minimum Gasteiger partial charge on any atom is -0.423 e. The van der Waals surface area contributed by atoms with Crippen LogP contribution < -0.4 is 5.46 Å². The molecule has 0 saturated carbocycles. The molecule has 0 radical (unpaired) electrons.